The van der Waals surface area contributed by atoms with Gasteiger partial charge in [-0.2, -0.15) is 0 Å². The SMILES string of the molecule is CC(N)C1CCN(S(=O)(=O)C2CCOCC2)CC1. The summed E-state index contributed by atoms with van der Waals surface area (Å²) in [7, 11) is -3.12. The Kier molecular flexibility index (Phi) is 4.64. The summed E-state index contributed by atoms with van der Waals surface area (Å²) in [5, 5.41) is -0.238. The van der Waals surface area contributed by atoms with Crippen LogP contribution < -0.4 is 5.73 Å². The molecule has 0 aliphatic carbocycles. The first-order valence-electron chi connectivity index (χ1n) is 6.84. The molecule has 0 aromatic rings. The van der Waals surface area contributed by atoms with Gasteiger partial charge >= 0.3 is 0 Å². The van der Waals surface area contributed by atoms with E-state index in [1.807, 2.05) is 6.92 Å². The largest absolute Gasteiger partial charge is 0.381 e. The molecule has 0 aromatic carbocycles. The van der Waals surface area contributed by atoms with Crippen LogP contribution in [0.25, 0.3) is 0 Å². The van der Waals surface area contributed by atoms with Crippen molar-refractivity contribution >= 4 is 10.0 Å². The van der Waals surface area contributed by atoms with Crippen LogP contribution in [0.4, 0.5) is 0 Å². The molecular formula is C12H24N2O3S. The summed E-state index contributed by atoms with van der Waals surface area (Å²) in [6, 6.07) is 0.165. The average Bonchev–Trinajstić information content (AvgIpc) is 2.40. The summed E-state index contributed by atoms with van der Waals surface area (Å²) in [6.45, 7) is 4.41. The lowest BCUT2D eigenvalue weighted by Gasteiger charge is -2.35. The van der Waals surface area contributed by atoms with Crippen molar-refractivity contribution in [3.05, 3.63) is 0 Å². The summed E-state index contributed by atoms with van der Waals surface area (Å²) in [6.07, 6.45) is 3.05. The summed E-state index contributed by atoms with van der Waals surface area (Å²) in [5.74, 6) is 0.464. The highest BCUT2D eigenvalue weighted by Crippen LogP contribution is 2.26. The van der Waals surface area contributed by atoms with Gasteiger partial charge < -0.3 is 10.5 Å². The third-order valence-corrected chi connectivity index (χ3v) is 6.59. The van der Waals surface area contributed by atoms with E-state index in [1.54, 1.807) is 4.31 Å². The van der Waals surface area contributed by atoms with Crippen molar-refractivity contribution in [2.45, 2.75) is 43.9 Å². The maximum Gasteiger partial charge on any atom is 0.217 e. The summed E-state index contributed by atoms with van der Waals surface area (Å²) in [4.78, 5) is 0. The highest BCUT2D eigenvalue weighted by atomic mass is 32.2. The highest BCUT2D eigenvalue weighted by molar-refractivity contribution is 7.89. The van der Waals surface area contributed by atoms with Crippen LogP contribution in [0.15, 0.2) is 0 Å². The molecule has 0 bridgehead atoms. The van der Waals surface area contributed by atoms with Crippen molar-refractivity contribution in [3.63, 3.8) is 0 Å². The molecule has 2 aliphatic heterocycles. The van der Waals surface area contributed by atoms with Crippen LogP contribution in [0.1, 0.15) is 32.6 Å². The summed E-state index contributed by atoms with van der Waals surface area (Å²) < 4.78 is 31.8. The van der Waals surface area contributed by atoms with E-state index in [9.17, 15) is 8.42 Å². The number of sulfonamides is 1. The standard InChI is InChI=1S/C12H24N2O3S/c1-10(13)11-2-6-14(7-3-11)18(15,16)12-4-8-17-9-5-12/h10-12H,2-9,13H2,1H3. The highest BCUT2D eigenvalue weighted by Gasteiger charge is 2.35. The lowest BCUT2D eigenvalue weighted by molar-refractivity contribution is 0.0967. The van der Waals surface area contributed by atoms with Gasteiger partial charge in [0.25, 0.3) is 0 Å². The predicted molar refractivity (Wildman–Crippen MR) is 70.7 cm³/mol. The molecule has 2 fully saturated rings. The van der Waals surface area contributed by atoms with Crippen LogP contribution in [0.2, 0.25) is 0 Å². The molecule has 2 rings (SSSR count). The van der Waals surface area contributed by atoms with E-state index in [0.717, 1.165) is 12.8 Å². The number of hydrogen-bond acceptors (Lipinski definition) is 4. The average molecular weight is 276 g/mol. The van der Waals surface area contributed by atoms with Gasteiger partial charge in [0, 0.05) is 32.3 Å². The van der Waals surface area contributed by atoms with Gasteiger partial charge in [-0.05, 0) is 38.5 Å². The molecule has 18 heavy (non-hydrogen) atoms. The molecule has 2 N–H and O–H groups in total. The minimum atomic E-state index is -3.12. The molecule has 106 valence electrons. The maximum atomic E-state index is 12.5. The Bertz CT molecular complexity index is 356. The maximum absolute atomic E-state index is 12.5. The number of nitrogens with zero attached hydrogens (tertiary/aromatic N) is 1. The van der Waals surface area contributed by atoms with Gasteiger partial charge in [-0.3, -0.25) is 0 Å². The molecule has 1 unspecified atom stereocenters. The molecule has 2 saturated heterocycles. The second kappa shape index (κ2) is 5.86. The molecule has 0 saturated carbocycles. The minimum Gasteiger partial charge on any atom is -0.381 e. The Balaban J connectivity index is 1.95. The monoisotopic (exact) mass is 276 g/mol. The number of rotatable bonds is 3. The van der Waals surface area contributed by atoms with Crippen molar-refractivity contribution in [1.29, 1.82) is 0 Å². The Hall–Kier alpha value is -0.170. The van der Waals surface area contributed by atoms with Crippen molar-refractivity contribution in [1.82, 2.24) is 4.31 Å². The zero-order valence-corrected chi connectivity index (χ0v) is 11.9. The molecule has 1 atom stereocenters. The van der Waals surface area contributed by atoms with E-state index in [-0.39, 0.29) is 11.3 Å². The third-order valence-electron chi connectivity index (χ3n) is 4.19. The molecule has 2 aliphatic rings. The van der Waals surface area contributed by atoms with Gasteiger partial charge in [-0.1, -0.05) is 0 Å². The Morgan fingerprint density at radius 2 is 1.72 bits per heavy atom. The number of hydrogen-bond donors (Lipinski definition) is 1. The van der Waals surface area contributed by atoms with E-state index >= 15 is 0 Å². The normalized spacial score (nSPS) is 27.2. The van der Waals surface area contributed by atoms with E-state index in [4.69, 9.17) is 10.5 Å². The van der Waals surface area contributed by atoms with E-state index in [1.165, 1.54) is 0 Å². The van der Waals surface area contributed by atoms with Crippen LogP contribution in [-0.4, -0.2) is 50.3 Å². The van der Waals surface area contributed by atoms with Crippen molar-refractivity contribution < 1.29 is 13.2 Å². The first-order chi connectivity index (χ1) is 8.51. The van der Waals surface area contributed by atoms with Crippen LogP contribution >= 0.6 is 0 Å². The third kappa shape index (κ3) is 3.04. The Morgan fingerprint density at radius 3 is 2.22 bits per heavy atom. The van der Waals surface area contributed by atoms with Gasteiger partial charge in [-0.15, -0.1) is 0 Å². The molecule has 0 amide bonds. The fourth-order valence-corrected chi connectivity index (χ4v) is 4.77. The van der Waals surface area contributed by atoms with Gasteiger partial charge in [0.2, 0.25) is 10.0 Å². The van der Waals surface area contributed by atoms with Crippen LogP contribution in [0.3, 0.4) is 0 Å². The number of ether oxygens (including phenoxy) is 1. The van der Waals surface area contributed by atoms with E-state index < -0.39 is 10.0 Å². The van der Waals surface area contributed by atoms with Gasteiger partial charge in [-0.25, -0.2) is 12.7 Å². The van der Waals surface area contributed by atoms with E-state index in [0.29, 0.717) is 45.1 Å². The number of nitrogens with two attached hydrogens (primary N) is 1. The second-order valence-electron chi connectivity index (χ2n) is 5.45. The molecule has 5 nitrogen and oxygen atoms in total. The molecule has 0 aromatic heterocycles. The minimum absolute atomic E-state index is 0.165. The van der Waals surface area contributed by atoms with Crippen molar-refractivity contribution in [3.8, 4) is 0 Å². The Labute approximate surface area is 110 Å². The first kappa shape index (κ1) is 14.2. The van der Waals surface area contributed by atoms with Crippen LogP contribution in [0, 0.1) is 5.92 Å². The Morgan fingerprint density at radius 1 is 1.17 bits per heavy atom. The molecule has 0 spiro atoms. The molecular weight excluding hydrogens is 252 g/mol. The van der Waals surface area contributed by atoms with Crippen LogP contribution in [-0.2, 0) is 14.8 Å². The van der Waals surface area contributed by atoms with E-state index in [2.05, 4.69) is 0 Å². The van der Waals surface area contributed by atoms with Gasteiger partial charge in [0.1, 0.15) is 0 Å². The second-order valence-corrected chi connectivity index (χ2v) is 7.67. The summed E-state index contributed by atoms with van der Waals surface area (Å²) in [5.41, 5.74) is 5.88. The zero-order chi connectivity index (χ0) is 13.2. The lowest BCUT2D eigenvalue weighted by Crippen LogP contribution is -2.47. The quantitative estimate of drug-likeness (QED) is 0.817. The van der Waals surface area contributed by atoms with Gasteiger partial charge in [0.05, 0.1) is 5.25 Å². The fraction of sp³-hybridized carbons (Fsp3) is 1.00. The van der Waals surface area contributed by atoms with Crippen molar-refractivity contribution in [2.24, 2.45) is 11.7 Å². The number of piperidine rings is 1. The van der Waals surface area contributed by atoms with Gasteiger partial charge in [0.15, 0.2) is 0 Å². The molecule has 6 heteroatoms. The zero-order valence-electron chi connectivity index (χ0n) is 11.0. The molecule has 2 heterocycles. The smallest absolute Gasteiger partial charge is 0.217 e. The summed E-state index contributed by atoms with van der Waals surface area (Å²) >= 11 is 0. The fourth-order valence-electron chi connectivity index (χ4n) is 2.84. The lowest BCUT2D eigenvalue weighted by atomic mass is 9.92. The molecule has 0 radical (unpaired) electrons. The van der Waals surface area contributed by atoms with Crippen molar-refractivity contribution in [2.75, 3.05) is 26.3 Å². The first-order valence-corrected chi connectivity index (χ1v) is 8.34. The predicted octanol–water partition coefficient (Wildman–Crippen LogP) is 0.554. The topological polar surface area (TPSA) is 72.6 Å². The van der Waals surface area contributed by atoms with Crippen LogP contribution in [0.5, 0.6) is 0 Å².